The molecule has 0 aliphatic heterocycles. The second-order valence-corrected chi connectivity index (χ2v) is 2.53. The standard InChI is InChI=1S/C11H11NO/c12-8-4-5-9-13-10-11-6-2-1-3-7-11/h1-7H,9-10H2/b5-4+. The zero-order valence-electron chi connectivity index (χ0n) is 7.31. The molecule has 2 nitrogen and oxygen atoms in total. The maximum absolute atomic E-state index is 8.19. The van der Waals surface area contributed by atoms with Crippen LogP contribution in [0.2, 0.25) is 0 Å². The molecular formula is C11H11NO. The molecule has 0 spiro atoms. The van der Waals surface area contributed by atoms with E-state index in [0.717, 1.165) is 5.56 Å². The lowest BCUT2D eigenvalue weighted by Crippen LogP contribution is -1.91. The number of nitriles is 1. The van der Waals surface area contributed by atoms with Crippen LogP contribution in [0.25, 0.3) is 0 Å². The van der Waals surface area contributed by atoms with Crippen molar-refractivity contribution in [3.05, 3.63) is 48.0 Å². The summed E-state index contributed by atoms with van der Waals surface area (Å²) < 4.78 is 5.28. The molecule has 0 unspecified atom stereocenters. The number of rotatable bonds is 4. The van der Waals surface area contributed by atoms with Crippen molar-refractivity contribution in [3.63, 3.8) is 0 Å². The van der Waals surface area contributed by atoms with Gasteiger partial charge < -0.3 is 4.74 Å². The Labute approximate surface area is 78.1 Å². The molecule has 0 fully saturated rings. The Hall–Kier alpha value is -1.59. The van der Waals surface area contributed by atoms with E-state index in [1.165, 1.54) is 6.08 Å². The normalized spacial score (nSPS) is 10.1. The van der Waals surface area contributed by atoms with Crippen molar-refractivity contribution >= 4 is 0 Å². The van der Waals surface area contributed by atoms with E-state index in [9.17, 15) is 0 Å². The summed E-state index contributed by atoms with van der Waals surface area (Å²) in [6.07, 6.45) is 3.12. The molecule has 0 aliphatic rings. The van der Waals surface area contributed by atoms with Gasteiger partial charge in [-0.2, -0.15) is 5.26 Å². The molecule has 0 N–H and O–H groups in total. The molecule has 13 heavy (non-hydrogen) atoms. The Morgan fingerprint density at radius 1 is 1.31 bits per heavy atom. The van der Waals surface area contributed by atoms with Crippen LogP contribution in [0.1, 0.15) is 5.56 Å². The molecule has 0 aliphatic carbocycles. The Kier molecular flexibility index (Phi) is 4.37. The van der Waals surface area contributed by atoms with Gasteiger partial charge >= 0.3 is 0 Å². The molecular weight excluding hydrogens is 162 g/mol. The third kappa shape index (κ3) is 4.09. The molecule has 66 valence electrons. The van der Waals surface area contributed by atoms with Crippen molar-refractivity contribution < 1.29 is 4.74 Å². The van der Waals surface area contributed by atoms with Crippen LogP contribution < -0.4 is 0 Å². The zero-order valence-corrected chi connectivity index (χ0v) is 7.31. The summed E-state index contributed by atoms with van der Waals surface area (Å²) in [5.41, 5.74) is 1.15. The number of allylic oxidation sites excluding steroid dienone is 1. The first-order valence-electron chi connectivity index (χ1n) is 4.10. The highest BCUT2D eigenvalue weighted by Crippen LogP contribution is 1.99. The summed E-state index contributed by atoms with van der Waals surface area (Å²) >= 11 is 0. The molecule has 1 aromatic carbocycles. The minimum atomic E-state index is 0.489. The summed E-state index contributed by atoms with van der Waals surface area (Å²) in [5.74, 6) is 0. The van der Waals surface area contributed by atoms with E-state index in [-0.39, 0.29) is 0 Å². The van der Waals surface area contributed by atoms with Gasteiger partial charge in [-0.3, -0.25) is 0 Å². The maximum atomic E-state index is 8.19. The van der Waals surface area contributed by atoms with Crippen LogP contribution in [-0.2, 0) is 11.3 Å². The predicted molar refractivity (Wildman–Crippen MR) is 50.9 cm³/mol. The highest BCUT2D eigenvalue weighted by Gasteiger charge is 1.88. The zero-order chi connectivity index (χ0) is 9.36. The topological polar surface area (TPSA) is 33.0 Å². The van der Waals surface area contributed by atoms with Crippen LogP contribution in [0, 0.1) is 11.3 Å². The van der Waals surface area contributed by atoms with Gasteiger partial charge in [-0.05, 0) is 11.6 Å². The van der Waals surface area contributed by atoms with Gasteiger partial charge in [-0.25, -0.2) is 0 Å². The first-order chi connectivity index (χ1) is 6.43. The van der Waals surface area contributed by atoms with Crippen LogP contribution >= 0.6 is 0 Å². The van der Waals surface area contributed by atoms with Gasteiger partial charge in [0.15, 0.2) is 0 Å². The fraction of sp³-hybridized carbons (Fsp3) is 0.182. The quantitative estimate of drug-likeness (QED) is 0.517. The lowest BCUT2D eigenvalue weighted by molar-refractivity contribution is 0.149. The number of hydrogen-bond donors (Lipinski definition) is 0. The number of nitrogens with zero attached hydrogens (tertiary/aromatic N) is 1. The average molecular weight is 173 g/mol. The Morgan fingerprint density at radius 2 is 2.08 bits per heavy atom. The molecule has 0 radical (unpaired) electrons. The van der Waals surface area contributed by atoms with Gasteiger partial charge in [-0.1, -0.05) is 30.3 Å². The highest BCUT2D eigenvalue weighted by molar-refractivity contribution is 5.13. The van der Waals surface area contributed by atoms with E-state index >= 15 is 0 Å². The molecule has 0 atom stereocenters. The average Bonchev–Trinajstić information content (AvgIpc) is 2.19. The maximum Gasteiger partial charge on any atom is 0.0909 e. The van der Waals surface area contributed by atoms with Crippen molar-refractivity contribution in [2.75, 3.05) is 6.61 Å². The van der Waals surface area contributed by atoms with Crippen LogP contribution in [0.4, 0.5) is 0 Å². The van der Waals surface area contributed by atoms with E-state index in [1.54, 1.807) is 6.08 Å². The van der Waals surface area contributed by atoms with Gasteiger partial charge in [0, 0.05) is 6.08 Å². The molecule has 0 aromatic heterocycles. The number of hydrogen-bond acceptors (Lipinski definition) is 2. The van der Waals surface area contributed by atoms with Crippen molar-refractivity contribution in [2.24, 2.45) is 0 Å². The van der Waals surface area contributed by atoms with Crippen LogP contribution in [0.5, 0.6) is 0 Å². The predicted octanol–water partition coefficient (Wildman–Crippen LogP) is 2.28. The summed E-state index contributed by atoms with van der Waals surface area (Å²) in [5, 5.41) is 8.19. The summed E-state index contributed by atoms with van der Waals surface area (Å²) in [6.45, 7) is 1.08. The van der Waals surface area contributed by atoms with E-state index in [2.05, 4.69) is 0 Å². The fourth-order valence-electron chi connectivity index (χ4n) is 0.920. The van der Waals surface area contributed by atoms with E-state index in [0.29, 0.717) is 13.2 Å². The van der Waals surface area contributed by atoms with Gasteiger partial charge in [0.1, 0.15) is 0 Å². The van der Waals surface area contributed by atoms with Crippen molar-refractivity contribution in [1.82, 2.24) is 0 Å². The second kappa shape index (κ2) is 5.99. The lowest BCUT2D eigenvalue weighted by atomic mass is 10.2. The fourth-order valence-corrected chi connectivity index (χ4v) is 0.920. The number of benzene rings is 1. The first kappa shape index (κ1) is 9.50. The first-order valence-corrected chi connectivity index (χ1v) is 4.10. The Balaban J connectivity index is 2.21. The molecule has 0 heterocycles. The van der Waals surface area contributed by atoms with Crippen molar-refractivity contribution in [1.29, 1.82) is 5.26 Å². The Morgan fingerprint density at radius 3 is 2.77 bits per heavy atom. The smallest absolute Gasteiger partial charge is 0.0909 e. The molecule has 2 heteroatoms. The van der Waals surface area contributed by atoms with Crippen LogP contribution in [-0.4, -0.2) is 6.61 Å². The van der Waals surface area contributed by atoms with Crippen LogP contribution in [0.15, 0.2) is 42.5 Å². The molecule has 1 aromatic rings. The van der Waals surface area contributed by atoms with Gasteiger partial charge in [-0.15, -0.1) is 0 Å². The van der Waals surface area contributed by atoms with Crippen molar-refractivity contribution in [2.45, 2.75) is 6.61 Å². The summed E-state index contributed by atoms with van der Waals surface area (Å²) in [7, 11) is 0. The highest BCUT2D eigenvalue weighted by atomic mass is 16.5. The van der Waals surface area contributed by atoms with E-state index < -0.39 is 0 Å². The Bertz CT molecular complexity index is 298. The minimum absolute atomic E-state index is 0.489. The van der Waals surface area contributed by atoms with Gasteiger partial charge in [0.2, 0.25) is 0 Å². The SMILES string of the molecule is N#C/C=C/COCc1ccccc1. The third-order valence-electron chi connectivity index (χ3n) is 1.52. The summed E-state index contributed by atoms with van der Waals surface area (Å²) in [6, 6.07) is 11.8. The molecule has 0 amide bonds. The molecule has 0 saturated carbocycles. The van der Waals surface area contributed by atoms with Crippen LogP contribution in [0.3, 0.4) is 0 Å². The second-order valence-electron chi connectivity index (χ2n) is 2.53. The monoisotopic (exact) mass is 173 g/mol. The molecule has 1 rings (SSSR count). The molecule has 0 bridgehead atoms. The van der Waals surface area contributed by atoms with Gasteiger partial charge in [0.05, 0.1) is 19.3 Å². The van der Waals surface area contributed by atoms with E-state index in [1.807, 2.05) is 36.4 Å². The van der Waals surface area contributed by atoms with Crippen molar-refractivity contribution in [3.8, 4) is 6.07 Å². The molecule has 0 saturated heterocycles. The van der Waals surface area contributed by atoms with E-state index in [4.69, 9.17) is 10.00 Å². The summed E-state index contributed by atoms with van der Waals surface area (Å²) in [4.78, 5) is 0. The minimum Gasteiger partial charge on any atom is -0.373 e. The third-order valence-corrected chi connectivity index (χ3v) is 1.52. The largest absolute Gasteiger partial charge is 0.373 e. The number of ether oxygens (including phenoxy) is 1. The van der Waals surface area contributed by atoms with Gasteiger partial charge in [0.25, 0.3) is 0 Å². The lowest BCUT2D eigenvalue weighted by Gasteiger charge is -1.99.